The normalized spacial score (nSPS) is 16.8. The number of hydrogen-bond donors (Lipinski definition) is 1. The fraction of sp³-hybridized carbons (Fsp3) is 0.571. The van der Waals surface area contributed by atoms with E-state index in [1.165, 1.54) is 32.4 Å². The minimum absolute atomic E-state index is 0.415. The van der Waals surface area contributed by atoms with E-state index in [9.17, 15) is 0 Å². The highest BCUT2D eigenvalue weighted by molar-refractivity contribution is 6.31. The van der Waals surface area contributed by atoms with Crippen molar-refractivity contribution in [1.29, 1.82) is 0 Å². The molecule has 1 aromatic carbocycles. The smallest absolute Gasteiger partial charge is 0.125 e. The summed E-state index contributed by atoms with van der Waals surface area (Å²) in [6.07, 6.45) is 3.99. The number of hydrogen-bond acceptors (Lipinski definition) is 3. The summed E-state index contributed by atoms with van der Waals surface area (Å²) in [6, 6.07) is 5.68. The Morgan fingerprint density at radius 3 is 2.72 bits per heavy atom. The van der Waals surface area contributed by atoms with Crippen LogP contribution in [-0.2, 0) is 6.54 Å². The summed E-state index contributed by atoms with van der Waals surface area (Å²) >= 11 is 6.09. The quantitative estimate of drug-likeness (QED) is 0.892. The Bertz CT molecular complexity index is 378. The van der Waals surface area contributed by atoms with Gasteiger partial charge in [0.1, 0.15) is 12.4 Å². The summed E-state index contributed by atoms with van der Waals surface area (Å²) in [4.78, 5) is 2.45. The average Bonchev–Trinajstić information content (AvgIpc) is 2.40. The molecule has 1 aliphatic rings. The lowest BCUT2D eigenvalue weighted by Crippen LogP contribution is -2.33. The van der Waals surface area contributed by atoms with Crippen molar-refractivity contribution in [2.75, 3.05) is 26.2 Å². The van der Waals surface area contributed by atoms with Gasteiger partial charge < -0.3 is 10.5 Å². The Hall–Kier alpha value is -0.770. The molecule has 1 heterocycles. The van der Waals surface area contributed by atoms with Gasteiger partial charge in [0.2, 0.25) is 0 Å². The lowest BCUT2D eigenvalue weighted by atomic mass is 10.1. The van der Waals surface area contributed by atoms with Crippen LogP contribution in [0.3, 0.4) is 0 Å². The van der Waals surface area contributed by atoms with Gasteiger partial charge in [0.25, 0.3) is 0 Å². The summed E-state index contributed by atoms with van der Waals surface area (Å²) in [5.74, 6) is 0.821. The fourth-order valence-electron chi connectivity index (χ4n) is 2.34. The van der Waals surface area contributed by atoms with Gasteiger partial charge in [-0.3, -0.25) is 4.90 Å². The highest BCUT2D eigenvalue weighted by Crippen LogP contribution is 2.25. The van der Waals surface area contributed by atoms with Crippen molar-refractivity contribution in [2.45, 2.75) is 25.8 Å². The number of nitrogens with zero attached hydrogens (tertiary/aromatic N) is 1. The lowest BCUT2D eigenvalue weighted by Gasteiger charge is -2.26. The zero-order valence-electron chi connectivity index (χ0n) is 10.7. The van der Waals surface area contributed by atoms with Crippen LogP contribution >= 0.6 is 11.6 Å². The second-order valence-corrected chi connectivity index (χ2v) is 5.08. The second kappa shape index (κ2) is 6.98. The third-order valence-corrected chi connectivity index (χ3v) is 3.75. The van der Waals surface area contributed by atoms with Crippen LogP contribution in [0.4, 0.5) is 0 Å². The third-order valence-electron chi connectivity index (χ3n) is 3.39. The molecule has 3 nitrogen and oxygen atoms in total. The predicted octanol–water partition coefficient (Wildman–Crippen LogP) is 2.66. The van der Waals surface area contributed by atoms with Crippen LogP contribution in [0.1, 0.15) is 24.8 Å². The molecule has 100 valence electrons. The molecule has 2 N–H and O–H groups in total. The van der Waals surface area contributed by atoms with E-state index in [-0.39, 0.29) is 0 Å². The third kappa shape index (κ3) is 3.61. The maximum absolute atomic E-state index is 6.09. The van der Waals surface area contributed by atoms with Gasteiger partial charge in [-0.25, -0.2) is 0 Å². The van der Waals surface area contributed by atoms with Gasteiger partial charge in [0.15, 0.2) is 0 Å². The van der Waals surface area contributed by atoms with Gasteiger partial charge >= 0.3 is 0 Å². The summed E-state index contributed by atoms with van der Waals surface area (Å²) in [5, 5.41) is 0.688. The monoisotopic (exact) mass is 268 g/mol. The minimum atomic E-state index is 0.415. The molecular formula is C14H21ClN2O. The van der Waals surface area contributed by atoms with E-state index in [0.717, 1.165) is 17.9 Å². The summed E-state index contributed by atoms with van der Waals surface area (Å²) < 4.78 is 5.81. The fourth-order valence-corrected chi connectivity index (χ4v) is 2.58. The Labute approximate surface area is 114 Å². The van der Waals surface area contributed by atoms with E-state index < -0.39 is 0 Å². The number of nitrogens with two attached hydrogens (primary N) is 1. The van der Waals surface area contributed by atoms with Crippen LogP contribution in [0, 0.1) is 0 Å². The van der Waals surface area contributed by atoms with Gasteiger partial charge in [-0.2, -0.15) is 0 Å². The molecule has 0 radical (unpaired) electrons. The zero-order valence-corrected chi connectivity index (χ0v) is 11.5. The van der Waals surface area contributed by atoms with Gasteiger partial charge in [-0.1, -0.05) is 24.1 Å². The minimum Gasteiger partial charge on any atom is -0.492 e. The van der Waals surface area contributed by atoms with Gasteiger partial charge in [0.05, 0.1) is 0 Å². The maximum Gasteiger partial charge on any atom is 0.125 e. The Kier molecular flexibility index (Phi) is 5.29. The number of rotatable bonds is 5. The summed E-state index contributed by atoms with van der Waals surface area (Å²) in [5.41, 5.74) is 6.59. The lowest BCUT2D eigenvalue weighted by molar-refractivity contribution is 0.183. The van der Waals surface area contributed by atoms with Crippen LogP contribution < -0.4 is 10.5 Å². The van der Waals surface area contributed by atoms with Crippen molar-refractivity contribution >= 4 is 11.6 Å². The first kappa shape index (κ1) is 13.7. The molecule has 0 aromatic heterocycles. The molecule has 0 saturated carbocycles. The topological polar surface area (TPSA) is 38.5 Å². The van der Waals surface area contributed by atoms with E-state index in [0.29, 0.717) is 18.2 Å². The number of piperidine rings is 1. The largest absolute Gasteiger partial charge is 0.492 e. The molecule has 1 aromatic rings. The van der Waals surface area contributed by atoms with Crippen molar-refractivity contribution in [3.8, 4) is 5.75 Å². The van der Waals surface area contributed by atoms with E-state index in [1.54, 1.807) is 0 Å². The molecule has 18 heavy (non-hydrogen) atoms. The van der Waals surface area contributed by atoms with Gasteiger partial charge in [-0.15, -0.1) is 0 Å². The molecule has 0 atom stereocenters. The molecule has 4 heteroatoms. The second-order valence-electron chi connectivity index (χ2n) is 4.67. The number of ether oxygens (including phenoxy) is 1. The van der Waals surface area contributed by atoms with E-state index in [1.807, 2.05) is 18.2 Å². The zero-order chi connectivity index (χ0) is 12.8. The number of benzene rings is 1. The van der Waals surface area contributed by atoms with E-state index in [2.05, 4.69) is 4.90 Å². The van der Waals surface area contributed by atoms with E-state index >= 15 is 0 Å². The van der Waals surface area contributed by atoms with Crippen molar-refractivity contribution in [1.82, 2.24) is 4.90 Å². The molecule has 1 aliphatic heterocycles. The molecule has 0 bridgehead atoms. The van der Waals surface area contributed by atoms with Crippen LogP contribution in [-0.4, -0.2) is 31.1 Å². The first-order valence-electron chi connectivity index (χ1n) is 6.64. The first-order valence-corrected chi connectivity index (χ1v) is 7.01. The number of likely N-dealkylation sites (tertiary alicyclic amines) is 1. The SMILES string of the molecule is NCc1c(Cl)cccc1OCCN1CCCCC1. The van der Waals surface area contributed by atoms with Crippen molar-refractivity contribution in [2.24, 2.45) is 5.73 Å². The van der Waals surface area contributed by atoms with Crippen LogP contribution in [0.5, 0.6) is 5.75 Å². The highest BCUT2D eigenvalue weighted by atomic mass is 35.5. The van der Waals surface area contributed by atoms with Crippen molar-refractivity contribution < 1.29 is 4.74 Å². The average molecular weight is 269 g/mol. The van der Waals surface area contributed by atoms with Crippen LogP contribution in [0.15, 0.2) is 18.2 Å². The standard InChI is InChI=1S/C14H21ClN2O/c15-13-5-4-6-14(12(13)11-16)18-10-9-17-7-2-1-3-8-17/h4-6H,1-3,7-11,16H2. The van der Waals surface area contributed by atoms with Crippen molar-refractivity contribution in [3.05, 3.63) is 28.8 Å². The van der Waals surface area contributed by atoms with Gasteiger partial charge in [-0.05, 0) is 38.1 Å². The Morgan fingerprint density at radius 2 is 2.00 bits per heavy atom. The molecule has 1 fully saturated rings. The number of halogens is 1. The molecular weight excluding hydrogens is 248 g/mol. The van der Waals surface area contributed by atoms with Gasteiger partial charge in [0, 0.05) is 23.7 Å². The molecule has 2 rings (SSSR count). The Balaban J connectivity index is 1.84. The molecule has 0 unspecified atom stereocenters. The molecule has 0 aliphatic carbocycles. The highest BCUT2D eigenvalue weighted by Gasteiger charge is 2.11. The molecule has 0 spiro atoms. The Morgan fingerprint density at radius 1 is 1.22 bits per heavy atom. The van der Waals surface area contributed by atoms with Crippen molar-refractivity contribution in [3.63, 3.8) is 0 Å². The van der Waals surface area contributed by atoms with Crippen LogP contribution in [0.25, 0.3) is 0 Å². The summed E-state index contributed by atoms with van der Waals surface area (Å²) in [6.45, 7) is 4.49. The molecule has 0 amide bonds. The van der Waals surface area contributed by atoms with E-state index in [4.69, 9.17) is 22.1 Å². The maximum atomic E-state index is 6.09. The van der Waals surface area contributed by atoms with Crippen LogP contribution in [0.2, 0.25) is 5.02 Å². The first-order chi connectivity index (χ1) is 8.81. The predicted molar refractivity (Wildman–Crippen MR) is 75.1 cm³/mol. The molecule has 1 saturated heterocycles. The summed E-state index contributed by atoms with van der Waals surface area (Å²) in [7, 11) is 0.